The highest BCUT2D eigenvalue weighted by Crippen LogP contribution is 2.46. The van der Waals surface area contributed by atoms with Gasteiger partial charge in [0.2, 0.25) is 0 Å². The number of anilines is 1. The summed E-state index contributed by atoms with van der Waals surface area (Å²) in [5, 5.41) is 21.1. The van der Waals surface area contributed by atoms with E-state index in [1.165, 1.54) is 11.8 Å². The van der Waals surface area contributed by atoms with E-state index in [1.807, 2.05) is 73.7 Å². The SMILES string of the molecule is Cc1cc(SC2=C(O)CC(CCc3cccc(N)c3)(c3ccccc3)OC2=O)c(C(C)(C)C)cc1CO. The van der Waals surface area contributed by atoms with Crippen LogP contribution in [0, 0.1) is 6.92 Å². The lowest BCUT2D eigenvalue weighted by molar-refractivity contribution is -0.160. The highest BCUT2D eigenvalue weighted by Gasteiger charge is 2.43. The zero-order valence-corrected chi connectivity index (χ0v) is 22.7. The van der Waals surface area contributed by atoms with Crippen LogP contribution in [0.4, 0.5) is 5.69 Å². The third-order valence-corrected chi connectivity index (χ3v) is 8.05. The van der Waals surface area contributed by atoms with E-state index in [0.717, 1.165) is 32.7 Å². The number of hydrogen-bond acceptors (Lipinski definition) is 6. The van der Waals surface area contributed by atoms with Crippen LogP contribution in [0.15, 0.2) is 82.3 Å². The van der Waals surface area contributed by atoms with Gasteiger partial charge in [-0.3, -0.25) is 0 Å². The first kappa shape index (κ1) is 26.8. The van der Waals surface area contributed by atoms with Gasteiger partial charge in [0, 0.05) is 10.6 Å². The fraction of sp³-hybridized carbons (Fsp3) is 0.323. The van der Waals surface area contributed by atoms with Crippen molar-refractivity contribution in [3.05, 3.63) is 105 Å². The molecule has 3 aromatic rings. The molecule has 3 aromatic carbocycles. The zero-order chi connectivity index (χ0) is 26.8. The Kier molecular flexibility index (Phi) is 7.72. The van der Waals surface area contributed by atoms with Gasteiger partial charge in [0.05, 0.1) is 13.0 Å². The monoisotopic (exact) mass is 517 g/mol. The second kappa shape index (κ2) is 10.6. The molecule has 1 aliphatic heterocycles. The maximum Gasteiger partial charge on any atom is 0.349 e. The normalized spacial score (nSPS) is 18.1. The number of aryl methyl sites for hydroxylation is 2. The van der Waals surface area contributed by atoms with Gasteiger partial charge in [-0.05, 0) is 71.2 Å². The Morgan fingerprint density at radius 1 is 1.05 bits per heavy atom. The summed E-state index contributed by atoms with van der Waals surface area (Å²) in [6, 6.07) is 21.3. The van der Waals surface area contributed by atoms with Crippen molar-refractivity contribution in [1.82, 2.24) is 0 Å². The number of rotatable bonds is 7. The first-order valence-corrected chi connectivity index (χ1v) is 13.3. The number of cyclic esters (lactones) is 1. The molecule has 0 bridgehead atoms. The highest BCUT2D eigenvalue weighted by molar-refractivity contribution is 8.04. The average Bonchev–Trinajstić information content (AvgIpc) is 2.85. The Balaban J connectivity index is 1.70. The smallest absolute Gasteiger partial charge is 0.349 e. The van der Waals surface area contributed by atoms with Crippen LogP contribution in [0.1, 0.15) is 61.4 Å². The minimum absolute atomic E-state index is 0.0291. The van der Waals surface area contributed by atoms with Crippen molar-refractivity contribution in [2.75, 3.05) is 5.73 Å². The quantitative estimate of drug-likeness (QED) is 0.238. The number of carbonyl (C=O) groups excluding carboxylic acids is 1. The number of aliphatic hydroxyl groups is 2. The van der Waals surface area contributed by atoms with Gasteiger partial charge in [-0.1, -0.05) is 81.1 Å². The number of esters is 1. The Morgan fingerprint density at radius 2 is 1.78 bits per heavy atom. The van der Waals surface area contributed by atoms with Gasteiger partial charge in [-0.2, -0.15) is 0 Å². The first-order valence-electron chi connectivity index (χ1n) is 12.5. The topological polar surface area (TPSA) is 92.8 Å². The van der Waals surface area contributed by atoms with Crippen molar-refractivity contribution >= 4 is 23.4 Å². The van der Waals surface area contributed by atoms with E-state index in [0.29, 0.717) is 18.5 Å². The van der Waals surface area contributed by atoms with Crippen LogP contribution in [-0.4, -0.2) is 16.2 Å². The van der Waals surface area contributed by atoms with Gasteiger partial charge >= 0.3 is 5.97 Å². The lowest BCUT2D eigenvalue weighted by Gasteiger charge is -2.38. The molecular weight excluding hydrogens is 482 g/mol. The van der Waals surface area contributed by atoms with Gasteiger partial charge in [0.15, 0.2) is 0 Å². The molecule has 194 valence electrons. The van der Waals surface area contributed by atoms with Crippen LogP contribution in [0.25, 0.3) is 0 Å². The Morgan fingerprint density at radius 3 is 2.41 bits per heavy atom. The largest absolute Gasteiger partial charge is 0.511 e. The van der Waals surface area contributed by atoms with E-state index in [2.05, 4.69) is 20.8 Å². The molecule has 0 radical (unpaired) electrons. The number of aliphatic hydroxyl groups excluding tert-OH is 2. The molecule has 4 N–H and O–H groups in total. The summed E-state index contributed by atoms with van der Waals surface area (Å²) < 4.78 is 6.22. The fourth-order valence-electron chi connectivity index (χ4n) is 4.79. The summed E-state index contributed by atoms with van der Waals surface area (Å²) in [4.78, 5) is 14.6. The molecule has 6 heteroatoms. The summed E-state index contributed by atoms with van der Waals surface area (Å²) in [5.74, 6) is -0.504. The molecule has 1 atom stereocenters. The molecule has 0 saturated heterocycles. The lowest BCUT2D eigenvalue weighted by Crippen LogP contribution is -2.38. The summed E-state index contributed by atoms with van der Waals surface area (Å²) in [5.41, 5.74) is 10.1. The third-order valence-electron chi connectivity index (χ3n) is 6.89. The van der Waals surface area contributed by atoms with Crippen molar-refractivity contribution in [2.24, 2.45) is 0 Å². The minimum atomic E-state index is -0.986. The molecule has 0 saturated carbocycles. The average molecular weight is 518 g/mol. The van der Waals surface area contributed by atoms with Gasteiger partial charge in [0.1, 0.15) is 16.3 Å². The first-order chi connectivity index (χ1) is 17.5. The molecule has 0 spiro atoms. The molecule has 1 heterocycles. The number of benzene rings is 3. The Labute approximate surface area is 223 Å². The number of thioether (sulfide) groups is 1. The zero-order valence-electron chi connectivity index (χ0n) is 21.9. The molecular formula is C31H35NO4S. The molecule has 0 amide bonds. The van der Waals surface area contributed by atoms with Crippen molar-refractivity contribution in [3.8, 4) is 0 Å². The predicted molar refractivity (Wildman–Crippen MR) is 149 cm³/mol. The lowest BCUT2D eigenvalue weighted by atomic mass is 9.82. The van der Waals surface area contributed by atoms with Crippen LogP contribution in [0.2, 0.25) is 0 Å². The van der Waals surface area contributed by atoms with Crippen LogP contribution in [-0.2, 0) is 33.6 Å². The molecule has 1 unspecified atom stereocenters. The van der Waals surface area contributed by atoms with E-state index in [9.17, 15) is 15.0 Å². The van der Waals surface area contributed by atoms with Crippen LogP contribution in [0.5, 0.6) is 0 Å². The molecule has 5 nitrogen and oxygen atoms in total. The number of hydrogen-bond donors (Lipinski definition) is 3. The predicted octanol–water partition coefficient (Wildman–Crippen LogP) is 6.70. The summed E-state index contributed by atoms with van der Waals surface area (Å²) >= 11 is 1.24. The van der Waals surface area contributed by atoms with E-state index < -0.39 is 11.6 Å². The van der Waals surface area contributed by atoms with Crippen LogP contribution >= 0.6 is 11.8 Å². The minimum Gasteiger partial charge on any atom is -0.511 e. The van der Waals surface area contributed by atoms with Crippen molar-refractivity contribution < 1.29 is 19.7 Å². The van der Waals surface area contributed by atoms with E-state index in [1.54, 1.807) is 0 Å². The summed E-state index contributed by atoms with van der Waals surface area (Å²) in [6.07, 6.45) is 1.33. The standard InChI is InChI=1S/C31H35NO4S/c1-20-15-27(25(30(2,3)4)17-22(20)19-33)37-28-26(34)18-31(36-29(28)35,23-10-6-5-7-11-23)14-13-21-9-8-12-24(32)16-21/h5-12,15-17,33-34H,13-14,18-19,32H2,1-4H3. The van der Waals surface area contributed by atoms with E-state index >= 15 is 0 Å². The third kappa shape index (κ3) is 5.86. The van der Waals surface area contributed by atoms with Crippen molar-refractivity contribution in [1.29, 1.82) is 0 Å². The number of nitrogen functional groups attached to an aromatic ring is 1. The number of ether oxygens (including phenoxy) is 1. The Hall–Kier alpha value is -3.22. The van der Waals surface area contributed by atoms with Gasteiger partial charge in [-0.25, -0.2) is 4.79 Å². The maximum atomic E-state index is 13.5. The number of carbonyl (C=O) groups is 1. The van der Waals surface area contributed by atoms with Gasteiger partial charge in [-0.15, -0.1) is 0 Å². The van der Waals surface area contributed by atoms with Gasteiger partial charge < -0.3 is 20.7 Å². The molecule has 0 aliphatic carbocycles. The Bertz CT molecular complexity index is 1330. The molecule has 0 fully saturated rings. The molecule has 0 aromatic heterocycles. The molecule has 4 rings (SSSR count). The second-order valence-electron chi connectivity index (χ2n) is 10.7. The van der Waals surface area contributed by atoms with E-state index in [4.69, 9.17) is 10.5 Å². The molecule has 1 aliphatic rings. The molecule has 37 heavy (non-hydrogen) atoms. The van der Waals surface area contributed by atoms with Gasteiger partial charge in [0.25, 0.3) is 0 Å². The highest BCUT2D eigenvalue weighted by atomic mass is 32.2. The van der Waals surface area contributed by atoms with E-state index in [-0.39, 0.29) is 29.1 Å². The maximum absolute atomic E-state index is 13.5. The summed E-state index contributed by atoms with van der Waals surface area (Å²) in [6.45, 7) is 8.15. The number of nitrogens with two attached hydrogens (primary N) is 1. The van der Waals surface area contributed by atoms with Crippen molar-refractivity contribution in [2.45, 2.75) is 69.5 Å². The van der Waals surface area contributed by atoms with Crippen LogP contribution in [0.3, 0.4) is 0 Å². The van der Waals surface area contributed by atoms with Crippen molar-refractivity contribution in [3.63, 3.8) is 0 Å². The second-order valence-corrected chi connectivity index (χ2v) is 11.8. The fourth-order valence-corrected chi connectivity index (χ4v) is 6.03. The summed E-state index contributed by atoms with van der Waals surface area (Å²) in [7, 11) is 0. The van der Waals surface area contributed by atoms with Crippen LogP contribution < -0.4 is 5.73 Å².